The van der Waals surface area contributed by atoms with Gasteiger partial charge in [-0.1, -0.05) is 16.8 Å². The Hall–Kier alpha value is -1.31. The monoisotopic (exact) mass is 359 g/mol. The number of halogens is 2. The highest BCUT2D eigenvalue weighted by molar-refractivity contribution is 9.10. The number of benzene rings is 1. The molecule has 0 fully saturated rings. The summed E-state index contributed by atoms with van der Waals surface area (Å²) in [5, 5.41) is 18.6. The van der Waals surface area contributed by atoms with Crippen molar-refractivity contribution in [2.45, 2.75) is 6.10 Å². The van der Waals surface area contributed by atoms with Crippen molar-refractivity contribution < 1.29 is 14.6 Å². The highest BCUT2D eigenvalue weighted by atomic mass is 79.9. The molecule has 8 heteroatoms. The van der Waals surface area contributed by atoms with Crippen molar-refractivity contribution in [3.8, 4) is 11.5 Å². The summed E-state index contributed by atoms with van der Waals surface area (Å²) < 4.78 is 12.9. The van der Waals surface area contributed by atoms with E-state index in [1.165, 1.54) is 4.68 Å². The zero-order valence-corrected chi connectivity index (χ0v) is 12.8. The summed E-state index contributed by atoms with van der Waals surface area (Å²) in [5.74, 6) is 1.04. The summed E-state index contributed by atoms with van der Waals surface area (Å²) in [4.78, 5) is 0. The fourth-order valence-electron chi connectivity index (χ4n) is 2.08. The van der Waals surface area contributed by atoms with E-state index in [2.05, 4.69) is 26.2 Å². The Bertz CT molecular complexity index is 642. The quantitative estimate of drug-likeness (QED) is 0.888. The van der Waals surface area contributed by atoms with E-state index in [-0.39, 0.29) is 0 Å². The molecule has 3 rings (SSSR count). The normalized spacial score (nSPS) is 15.2. The summed E-state index contributed by atoms with van der Waals surface area (Å²) in [6.45, 7) is 0.922. The summed E-state index contributed by atoms with van der Waals surface area (Å²) >= 11 is 9.43. The maximum atomic E-state index is 10.5. The van der Waals surface area contributed by atoms with Crippen LogP contribution in [0.5, 0.6) is 11.5 Å². The van der Waals surface area contributed by atoms with E-state index in [1.807, 2.05) is 0 Å². The van der Waals surface area contributed by atoms with Gasteiger partial charge in [0.2, 0.25) is 0 Å². The molecule has 1 unspecified atom stereocenters. The maximum Gasteiger partial charge on any atom is 0.179 e. The van der Waals surface area contributed by atoms with Crippen LogP contribution in [0.2, 0.25) is 5.02 Å². The molecule has 6 nitrogen and oxygen atoms in total. The molecule has 0 saturated carbocycles. The summed E-state index contributed by atoms with van der Waals surface area (Å²) in [6.07, 6.45) is -0.919. The van der Waals surface area contributed by atoms with Crippen LogP contribution in [0.3, 0.4) is 0 Å². The van der Waals surface area contributed by atoms with Gasteiger partial charge in [0.05, 0.1) is 5.02 Å². The lowest BCUT2D eigenvalue weighted by atomic mass is 10.1. The summed E-state index contributed by atoms with van der Waals surface area (Å²) in [5.41, 5.74) is 1.13. The first-order chi connectivity index (χ1) is 9.58. The van der Waals surface area contributed by atoms with Gasteiger partial charge in [-0.15, -0.1) is 5.10 Å². The first-order valence-electron chi connectivity index (χ1n) is 5.90. The van der Waals surface area contributed by atoms with Gasteiger partial charge in [-0.3, -0.25) is 0 Å². The van der Waals surface area contributed by atoms with Gasteiger partial charge in [0.25, 0.3) is 0 Å². The van der Waals surface area contributed by atoms with Crippen LogP contribution < -0.4 is 9.47 Å². The Balaban J connectivity index is 2.04. The van der Waals surface area contributed by atoms with Crippen molar-refractivity contribution in [3.05, 3.63) is 33.0 Å². The largest absolute Gasteiger partial charge is 0.486 e. The third kappa shape index (κ3) is 2.25. The number of rotatable bonds is 2. The van der Waals surface area contributed by atoms with Gasteiger partial charge in [-0.25, -0.2) is 4.68 Å². The molecule has 0 bridgehead atoms. The number of aromatic nitrogens is 3. The highest BCUT2D eigenvalue weighted by Gasteiger charge is 2.24. The van der Waals surface area contributed by atoms with Crippen LogP contribution in [0, 0.1) is 0 Å². The molecule has 0 saturated heterocycles. The molecule has 1 N–H and O–H groups in total. The summed E-state index contributed by atoms with van der Waals surface area (Å²) in [6, 6.07) is 3.36. The number of aliphatic hydroxyl groups excluding tert-OH is 1. The van der Waals surface area contributed by atoms with E-state index in [0.29, 0.717) is 45.6 Å². The Morgan fingerprint density at radius 2 is 2.15 bits per heavy atom. The lowest BCUT2D eigenvalue weighted by Gasteiger charge is -2.21. The fraction of sp³-hybridized carbons (Fsp3) is 0.333. The van der Waals surface area contributed by atoms with Crippen molar-refractivity contribution in [3.63, 3.8) is 0 Å². The lowest BCUT2D eigenvalue weighted by molar-refractivity contribution is 0.169. The third-order valence-corrected chi connectivity index (χ3v) is 3.87. The molecular formula is C12H11BrClN3O3. The van der Waals surface area contributed by atoms with Crippen molar-refractivity contribution in [1.82, 2.24) is 15.0 Å². The molecule has 106 valence electrons. The van der Waals surface area contributed by atoms with Crippen LogP contribution in [0.25, 0.3) is 0 Å². The third-order valence-electron chi connectivity index (χ3n) is 3.02. The molecule has 0 amide bonds. The maximum absolute atomic E-state index is 10.5. The lowest BCUT2D eigenvalue weighted by Crippen LogP contribution is -2.16. The smallest absolute Gasteiger partial charge is 0.179 e. The number of ether oxygens (including phenoxy) is 2. The predicted molar refractivity (Wildman–Crippen MR) is 75.2 cm³/mol. The minimum atomic E-state index is -0.919. The molecule has 1 atom stereocenters. The van der Waals surface area contributed by atoms with Gasteiger partial charge >= 0.3 is 0 Å². The molecule has 0 radical (unpaired) electrons. The van der Waals surface area contributed by atoms with Crippen LogP contribution in [-0.2, 0) is 7.05 Å². The van der Waals surface area contributed by atoms with Crippen LogP contribution in [0.4, 0.5) is 0 Å². The van der Waals surface area contributed by atoms with Crippen molar-refractivity contribution in [2.24, 2.45) is 7.05 Å². The topological polar surface area (TPSA) is 69.4 Å². The Morgan fingerprint density at radius 3 is 2.85 bits per heavy atom. The molecule has 2 aromatic rings. The van der Waals surface area contributed by atoms with Gasteiger partial charge < -0.3 is 14.6 Å². The van der Waals surface area contributed by atoms with Gasteiger partial charge in [0.15, 0.2) is 16.1 Å². The molecule has 2 heterocycles. The molecule has 0 aliphatic carbocycles. The Morgan fingerprint density at radius 1 is 1.40 bits per heavy atom. The van der Waals surface area contributed by atoms with Crippen molar-refractivity contribution in [1.29, 1.82) is 0 Å². The van der Waals surface area contributed by atoms with Crippen molar-refractivity contribution in [2.75, 3.05) is 13.2 Å². The zero-order valence-electron chi connectivity index (χ0n) is 10.5. The number of fused-ring (bicyclic) bond motifs is 1. The Labute approximate surface area is 128 Å². The van der Waals surface area contributed by atoms with E-state index in [0.717, 1.165) is 0 Å². The predicted octanol–water partition coefficient (Wildman–Crippen LogP) is 2.08. The minimum Gasteiger partial charge on any atom is -0.486 e. The number of aliphatic hydroxyl groups is 1. The van der Waals surface area contributed by atoms with E-state index in [9.17, 15) is 5.11 Å². The van der Waals surface area contributed by atoms with Gasteiger partial charge in [0.1, 0.15) is 25.0 Å². The van der Waals surface area contributed by atoms with Crippen LogP contribution in [0.15, 0.2) is 16.7 Å². The molecule has 0 spiro atoms. The number of hydrogen-bond donors (Lipinski definition) is 1. The highest BCUT2D eigenvalue weighted by Crippen LogP contribution is 2.41. The standard InChI is InChI=1S/C12H11BrClN3O3/c1-17-9(12(13)15-16-17)10(18)6-4-7(14)11-8(5-6)19-2-3-20-11/h4-5,10,18H,2-3H2,1H3. The molecule has 1 aromatic carbocycles. The first-order valence-corrected chi connectivity index (χ1v) is 7.07. The molecule has 1 aliphatic heterocycles. The van der Waals surface area contributed by atoms with Gasteiger partial charge in [-0.2, -0.15) is 0 Å². The van der Waals surface area contributed by atoms with E-state index < -0.39 is 6.10 Å². The Kier molecular flexibility index (Phi) is 3.57. The second-order valence-electron chi connectivity index (χ2n) is 4.32. The molecule has 1 aliphatic rings. The van der Waals surface area contributed by atoms with Gasteiger partial charge in [0, 0.05) is 7.05 Å². The second kappa shape index (κ2) is 5.23. The number of nitrogens with zero attached hydrogens (tertiary/aromatic N) is 3. The van der Waals surface area contributed by atoms with Crippen LogP contribution >= 0.6 is 27.5 Å². The molecule has 20 heavy (non-hydrogen) atoms. The van der Waals surface area contributed by atoms with E-state index >= 15 is 0 Å². The fourth-order valence-corrected chi connectivity index (χ4v) is 2.89. The summed E-state index contributed by atoms with van der Waals surface area (Å²) in [7, 11) is 1.70. The molecular weight excluding hydrogens is 350 g/mol. The minimum absolute atomic E-state index is 0.405. The SMILES string of the molecule is Cn1nnc(Br)c1C(O)c1cc(Cl)c2c(c1)OCCO2. The van der Waals surface area contributed by atoms with E-state index in [4.69, 9.17) is 21.1 Å². The zero-order chi connectivity index (χ0) is 14.3. The van der Waals surface area contributed by atoms with Gasteiger partial charge in [-0.05, 0) is 33.6 Å². The van der Waals surface area contributed by atoms with E-state index in [1.54, 1.807) is 19.2 Å². The van der Waals surface area contributed by atoms with Crippen molar-refractivity contribution >= 4 is 27.5 Å². The second-order valence-corrected chi connectivity index (χ2v) is 5.48. The average Bonchev–Trinajstić information content (AvgIpc) is 2.77. The number of hydrogen-bond acceptors (Lipinski definition) is 5. The molecule has 1 aromatic heterocycles. The van der Waals surface area contributed by atoms with Crippen LogP contribution in [-0.4, -0.2) is 33.3 Å². The first kappa shape index (κ1) is 13.7. The number of aryl methyl sites for hydroxylation is 1. The average molecular weight is 361 g/mol. The van der Waals surface area contributed by atoms with Crippen LogP contribution in [0.1, 0.15) is 17.4 Å².